The zero-order valence-corrected chi connectivity index (χ0v) is 11.7. The number of hydrogen-bond donors (Lipinski definition) is 1. The van der Waals surface area contributed by atoms with Gasteiger partial charge in [0.1, 0.15) is 11.5 Å². The van der Waals surface area contributed by atoms with Crippen molar-refractivity contribution in [2.45, 2.75) is 38.6 Å². The minimum atomic E-state index is 0.430. The molecule has 100 valence electrons. The van der Waals surface area contributed by atoms with Crippen molar-refractivity contribution in [3.63, 3.8) is 0 Å². The first kappa shape index (κ1) is 13.2. The summed E-state index contributed by atoms with van der Waals surface area (Å²) in [6.45, 7) is 5.51. The van der Waals surface area contributed by atoms with Gasteiger partial charge in [-0.3, -0.25) is 0 Å². The lowest BCUT2D eigenvalue weighted by atomic mass is 10.0. The fourth-order valence-corrected chi connectivity index (χ4v) is 2.83. The summed E-state index contributed by atoms with van der Waals surface area (Å²) >= 11 is 0. The number of hydrogen-bond acceptors (Lipinski definition) is 3. The summed E-state index contributed by atoms with van der Waals surface area (Å²) in [5.74, 6) is 2.37. The Morgan fingerprint density at radius 1 is 1.28 bits per heavy atom. The van der Waals surface area contributed by atoms with Crippen LogP contribution in [0.4, 0.5) is 0 Å². The fraction of sp³-hybridized carbons (Fsp3) is 0.600. The van der Waals surface area contributed by atoms with Crippen molar-refractivity contribution in [1.82, 2.24) is 5.32 Å². The highest BCUT2D eigenvalue weighted by atomic mass is 16.5. The van der Waals surface area contributed by atoms with E-state index in [1.54, 1.807) is 14.2 Å². The molecule has 1 aromatic carbocycles. The largest absolute Gasteiger partial charge is 0.497 e. The van der Waals surface area contributed by atoms with Gasteiger partial charge in [-0.15, -0.1) is 0 Å². The summed E-state index contributed by atoms with van der Waals surface area (Å²) in [7, 11) is 3.43. The van der Waals surface area contributed by atoms with Gasteiger partial charge in [0.2, 0.25) is 0 Å². The van der Waals surface area contributed by atoms with Crippen LogP contribution in [0.25, 0.3) is 0 Å². The van der Waals surface area contributed by atoms with E-state index in [0.717, 1.165) is 30.9 Å². The van der Waals surface area contributed by atoms with Gasteiger partial charge in [-0.05, 0) is 36.9 Å². The normalized spacial score (nSPS) is 21.8. The van der Waals surface area contributed by atoms with Crippen LogP contribution in [0.1, 0.15) is 49.8 Å². The average Bonchev–Trinajstić information content (AvgIpc) is 2.72. The maximum atomic E-state index is 5.51. The van der Waals surface area contributed by atoms with Gasteiger partial charge in [0, 0.05) is 17.7 Å². The van der Waals surface area contributed by atoms with Crippen LogP contribution in [-0.4, -0.2) is 20.8 Å². The Labute approximate surface area is 109 Å². The standard InChI is InChI=1S/C15H23NO2/c1-5-6-16-13-7-10(2)15-12(13)8-11(17-3)9-14(15)18-4/h8-10,13,16H,5-7H2,1-4H3. The molecule has 3 heteroatoms. The zero-order valence-electron chi connectivity index (χ0n) is 11.7. The van der Waals surface area contributed by atoms with Gasteiger partial charge in [-0.1, -0.05) is 13.8 Å². The molecule has 0 fully saturated rings. The van der Waals surface area contributed by atoms with E-state index in [4.69, 9.17) is 9.47 Å². The molecule has 1 aromatic rings. The van der Waals surface area contributed by atoms with Crippen LogP contribution in [0.5, 0.6) is 11.5 Å². The van der Waals surface area contributed by atoms with Crippen LogP contribution in [0.2, 0.25) is 0 Å². The molecule has 0 aromatic heterocycles. The van der Waals surface area contributed by atoms with Crippen LogP contribution >= 0.6 is 0 Å². The van der Waals surface area contributed by atoms with E-state index < -0.39 is 0 Å². The van der Waals surface area contributed by atoms with E-state index in [0.29, 0.717) is 12.0 Å². The molecule has 3 nitrogen and oxygen atoms in total. The lowest BCUT2D eigenvalue weighted by Gasteiger charge is -2.15. The third-order valence-electron chi connectivity index (χ3n) is 3.70. The van der Waals surface area contributed by atoms with Gasteiger partial charge in [0.15, 0.2) is 0 Å². The first-order valence-corrected chi connectivity index (χ1v) is 6.70. The topological polar surface area (TPSA) is 30.5 Å². The summed E-state index contributed by atoms with van der Waals surface area (Å²) in [6.07, 6.45) is 2.29. The highest BCUT2D eigenvalue weighted by molar-refractivity contribution is 5.52. The number of methoxy groups -OCH3 is 2. The molecule has 0 heterocycles. The second-order valence-corrected chi connectivity index (χ2v) is 4.98. The van der Waals surface area contributed by atoms with Crippen molar-refractivity contribution in [2.75, 3.05) is 20.8 Å². The minimum absolute atomic E-state index is 0.430. The van der Waals surface area contributed by atoms with E-state index in [2.05, 4.69) is 25.2 Å². The Kier molecular flexibility index (Phi) is 4.12. The lowest BCUT2D eigenvalue weighted by Crippen LogP contribution is -2.20. The van der Waals surface area contributed by atoms with Gasteiger partial charge in [0.25, 0.3) is 0 Å². The molecule has 0 radical (unpaired) electrons. The second kappa shape index (κ2) is 5.61. The van der Waals surface area contributed by atoms with Crippen molar-refractivity contribution in [3.05, 3.63) is 23.3 Å². The predicted molar refractivity (Wildman–Crippen MR) is 73.6 cm³/mol. The molecule has 1 aliphatic rings. The van der Waals surface area contributed by atoms with Gasteiger partial charge in [-0.25, -0.2) is 0 Å². The molecule has 1 aliphatic carbocycles. The van der Waals surface area contributed by atoms with Gasteiger partial charge < -0.3 is 14.8 Å². The first-order chi connectivity index (χ1) is 8.71. The van der Waals surface area contributed by atoms with E-state index in [-0.39, 0.29) is 0 Å². The Morgan fingerprint density at radius 3 is 2.67 bits per heavy atom. The quantitative estimate of drug-likeness (QED) is 0.869. The third-order valence-corrected chi connectivity index (χ3v) is 3.70. The average molecular weight is 249 g/mol. The molecule has 0 saturated heterocycles. The Balaban J connectivity index is 2.38. The van der Waals surface area contributed by atoms with Crippen molar-refractivity contribution < 1.29 is 9.47 Å². The summed E-state index contributed by atoms with van der Waals surface area (Å²) in [6, 6.07) is 4.56. The summed E-state index contributed by atoms with van der Waals surface area (Å²) in [4.78, 5) is 0. The summed E-state index contributed by atoms with van der Waals surface area (Å²) < 4.78 is 10.9. The number of ether oxygens (including phenoxy) is 2. The monoisotopic (exact) mass is 249 g/mol. The molecule has 0 aliphatic heterocycles. The minimum Gasteiger partial charge on any atom is -0.497 e. The van der Waals surface area contributed by atoms with Crippen molar-refractivity contribution in [3.8, 4) is 11.5 Å². The number of benzene rings is 1. The zero-order chi connectivity index (χ0) is 13.1. The Morgan fingerprint density at radius 2 is 2.06 bits per heavy atom. The van der Waals surface area contributed by atoms with E-state index in [1.165, 1.54) is 11.1 Å². The van der Waals surface area contributed by atoms with Gasteiger partial charge in [0.05, 0.1) is 14.2 Å². The predicted octanol–water partition coefficient (Wildman–Crippen LogP) is 3.25. The van der Waals surface area contributed by atoms with Crippen LogP contribution in [0.15, 0.2) is 12.1 Å². The summed E-state index contributed by atoms with van der Waals surface area (Å²) in [5.41, 5.74) is 2.68. The highest BCUT2D eigenvalue weighted by Crippen LogP contribution is 2.46. The lowest BCUT2D eigenvalue weighted by molar-refractivity contribution is 0.390. The molecular weight excluding hydrogens is 226 g/mol. The molecule has 2 rings (SSSR count). The van der Waals surface area contributed by atoms with Crippen LogP contribution in [0, 0.1) is 0 Å². The maximum absolute atomic E-state index is 5.51. The molecule has 0 spiro atoms. The molecule has 18 heavy (non-hydrogen) atoms. The van der Waals surface area contributed by atoms with Crippen molar-refractivity contribution in [1.29, 1.82) is 0 Å². The maximum Gasteiger partial charge on any atom is 0.126 e. The summed E-state index contributed by atoms with van der Waals surface area (Å²) in [5, 5.41) is 3.61. The molecule has 0 bridgehead atoms. The van der Waals surface area contributed by atoms with Gasteiger partial charge in [-0.2, -0.15) is 0 Å². The Hall–Kier alpha value is -1.22. The molecule has 1 N–H and O–H groups in total. The smallest absolute Gasteiger partial charge is 0.126 e. The fourth-order valence-electron chi connectivity index (χ4n) is 2.83. The molecule has 0 amide bonds. The van der Waals surface area contributed by atoms with E-state index in [1.807, 2.05) is 6.07 Å². The van der Waals surface area contributed by atoms with E-state index >= 15 is 0 Å². The Bertz CT molecular complexity index is 417. The second-order valence-electron chi connectivity index (χ2n) is 4.98. The van der Waals surface area contributed by atoms with Crippen molar-refractivity contribution in [2.24, 2.45) is 0 Å². The molecule has 0 saturated carbocycles. The van der Waals surface area contributed by atoms with Gasteiger partial charge >= 0.3 is 0 Å². The SMILES string of the molecule is CCCNC1CC(C)c2c(OC)cc(OC)cc21. The third kappa shape index (κ3) is 2.32. The number of nitrogens with one attached hydrogen (secondary N) is 1. The van der Waals surface area contributed by atoms with E-state index in [9.17, 15) is 0 Å². The van der Waals surface area contributed by atoms with Crippen LogP contribution in [0.3, 0.4) is 0 Å². The molecular formula is C15H23NO2. The van der Waals surface area contributed by atoms with Crippen LogP contribution < -0.4 is 14.8 Å². The van der Waals surface area contributed by atoms with Crippen LogP contribution in [-0.2, 0) is 0 Å². The number of rotatable bonds is 5. The van der Waals surface area contributed by atoms with Crippen molar-refractivity contribution >= 4 is 0 Å². The molecule has 2 atom stereocenters. The number of fused-ring (bicyclic) bond motifs is 1. The molecule has 2 unspecified atom stereocenters. The first-order valence-electron chi connectivity index (χ1n) is 6.70. The highest BCUT2D eigenvalue weighted by Gasteiger charge is 2.31.